The van der Waals surface area contributed by atoms with E-state index < -0.39 is 224 Å². The maximum atomic E-state index is 11.2. The van der Waals surface area contributed by atoms with Gasteiger partial charge in [0.2, 0.25) is 0 Å². The van der Waals surface area contributed by atoms with Crippen LogP contribution < -0.4 is 0 Å². The summed E-state index contributed by atoms with van der Waals surface area (Å²) in [6.07, 6.45) is -56.5. The van der Waals surface area contributed by atoms with Crippen LogP contribution in [0.1, 0.15) is 0 Å². The molecule has 0 aromatic heterocycles. The summed E-state index contributed by atoms with van der Waals surface area (Å²) in [5.74, 6) is 0. The average molecular weight is 991 g/mol. The SMILES string of the molecule is OC[C@H]1O[C@@H](O[C@@H]2[C@@H](O)[C@H](O[C@H]3[C@H](O)[C@@H](O)[C@H](OC[C@H]4O[C@@H](O[C@H]5[C@H](O)[C@@H](O)[C@H](O[C@H]6[C@H](O)[C@@H](CO)OC(O)[C@@H]6O)O[C@@H]5CO)[C@H](O)[C@@H](O)[C@@H]4O)O[C@@H]3CO)O[C@H](CO)[C@H]2O)[C@H](O)[C@@H](O)[C@@H]1O. The highest BCUT2D eigenvalue weighted by Crippen LogP contribution is 2.35. The van der Waals surface area contributed by atoms with Gasteiger partial charge in [-0.1, -0.05) is 0 Å². The van der Waals surface area contributed by atoms with Gasteiger partial charge in [-0.15, -0.1) is 0 Å². The van der Waals surface area contributed by atoms with Crippen LogP contribution in [0.2, 0.25) is 0 Å². The Morgan fingerprint density at radius 1 is 0.254 bits per heavy atom. The molecule has 0 aliphatic carbocycles. The first-order chi connectivity index (χ1) is 31.7. The second kappa shape index (κ2) is 23.5. The molecule has 6 fully saturated rings. The van der Waals surface area contributed by atoms with Crippen LogP contribution in [-0.2, 0) is 52.1 Å². The molecule has 6 aliphatic heterocycles. The fourth-order valence-electron chi connectivity index (χ4n) is 8.40. The molecule has 0 bridgehead atoms. The molecule has 6 aliphatic rings. The molecule has 0 aromatic carbocycles. The number of ether oxygens (including phenoxy) is 11. The van der Waals surface area contributed by atoms with E-state index in [0.29, 0.717) is 0 Å². The first-order valence-electron chi connectivity index (χ1n) is 21.1. The lowest BCUT2D eigenvalue weighted by molar-refractivity contribution is -0.386. The van der Waals surface area contributed by atoms with E-state index in [0.717, 1.165) is 0 Å². The van der Waals surface area contributed by atoms with Gasteiger partial charge in [-0.05, 0) is 0 Å². The Morgan fingerprint density at radius 3 is 1.03 bits per heavy atom. The van der Waals surface area contributed by atoms with Gasteiger partial charge in [-0.3, -0.25) is 0 Å². The predicted octanol–water partition coefficient (Wildman–Crippen LogP) is -14.1. The number of hydrogen-bond donors (Lipinski definition) is 20. The zero-order valence-electron chi connectivity index (χ0n) is 35.0. The lowest BCUT2D eigenvalue weighted by atomic mass is 9.95. The number of aliphatic hydroxyl groups is 20. The second-order valence-electron chi connectivity index (χ2n) is 16.8. The summed E-state index contributed by atoms with van der Waals surface area (Å²) in [6.45, 7) is -5.46. The summed E-state index contributed by atoms with van der Waals surface area (Å²) in [7, 11) is 0. The molecule has 1 unspecified atom stereocenters. The van der Waals surface area contributed by atoms with Crippen molar-refractivity contribution in [2.75, 3.05) is 39.6 Å². The van der Waals surface area contributed by atoms with E-state index in [1.165, 1.54) is 0 Å². The van der Waals surface area contributed by atoms with Crippen LogP contribution in [0.3, 0.4) is 0 Å². The third-order valence-corrected chi connectivity index (χ3v) is 12.4. The summed E-state index contributed by atoms with van der Waals surface area (Å²) in [4.78, 5) is 0. The summed E-state index contributed by atoms with van der Waals surface area (Å²) in [5.41, 5.74) is 0. The Kier molecular flexibility index (Phi) is 19.4. The van der Waals surface area contributed by atoms with Crippen molar-refractivity contribution >= 4 is 0 Å². The van der Waals surface area contributed by atoms with Gasteiger partial charge in [0.1, 0.15) is 146 Å². The quantitative estimate of drug-likeness (QED) is 0.0683. The van der Waals surface area contributed by atoms with Gasteiger partial charge in [0.25, 0.3) is 0 Å². The summed E-state index contributed by atoms with van der Waals surface area (Å²) in [6, 6.07) is 0. The highest BCUT2D eigenvalue weighted by atomic mass is 16.8. The Hall–Kier alpha value is -1.24. The van der Waals surface area contributed by atoms with Crippen LogP contribution in [0.4, 0.5) is 0 Å². The van der Waals surface area contributed by atoms with Crippen molar-refractivity contribution in [1.29, 1.82) is 0 Å². The van der Waals surface area contributed by atoms with E-state index in [9.17, 15) is 102 Å². The van der Waals surface area contributed by atoms with Crippen LogP contribution in [0.25, 0.3) is 0 Å². The van der Waals surface area contributed by atoms with Crippen molar-refractivity contribution in [1.82, 2.24) is 0 Å². The van der Waals surface area contributed by atoms with Gasteiger partial charge in [0, 0.05) is 0 Å². The summed E-state index contributed by atoms with van der Waals surface area (Å²) >= 11 is 0. The third-order valence-electron chi connectivity index (χ3n) is 12.4. The maximum absolute atomic E-state index is 11.2. The second-order valence-corrected chi connectivity index (χ2v) is 16.8. The van der Waals surface area contributed by atoms with Crippen molar-refractivity contribution in [3.05, 3.63) is 0 Å². The summed E-state index contributed by atoms with van der Waals surface area (Å²) < 4.78 is 60.2. The van der Waals surface area contributed by atoms with E-state index in [4.69, 9.17) is 52.1 Å². The van der Waals surface area contributed by atoms with Crippen molar-refractivity contribution < 1.29 is 154 Å². The van der Waals surface area contributed by atoms with Gasteiger partial charge in [-0.2, -0.15) is 0 Å². The third kappa shape index (κ3) is 11.4. The zero-order valence-corrected chi connectivity index (χ0v) is 35.0. The average Bonchev–Trinajstić information content (AvgIpc) is 3.31. The van der Waals surface area contributed by atoms with E-state index in [1.54, 1.807) is 0 Å². The minimum Gasteiger partial charge on any atom is -0.394 e. The van der Waals surface area contributed by atoms with E-state index in [1.807, 2.05) is 0 Å². The number of hydrogen-bond acceptors (Lipinski definition) is 31. The molecular weight excluding hydrogens is 928 g/mol. The Bertz CT molecular complexity index is 1500. The van der Waals surface area contributed by atoms with Gasteiger partial charge in [-0.25, -0.2) is 0 Å². The molecule has 20 N–H and O–H groups in total. The summed E-state index contributed by atoms with van der Waals surface area (Å²) in [5, 5.41) is 209. The lowest BCUT2D eigenvalue weighted by Gasteiger charge is -2.48. The predicted molar refractivity (Wildman–Crippen MR) is 199 cm³/mol. The minimum atomic E-state index is -2.11. The molecule has 0 saturated carbocycles. The molecule has 392 valence electrons. The molecule has 0 spiro atoms. The Morgan fingerprint density at radius 2 is 0.567 bits per heavy atom. The van der Waals surface area contributed by atoms with E-state index in [2.05, 4.69) is 0 Å². The topological polar surface area (TPSA) is 506 Å². The normalized spacial score (nSPS) is 53.4. The molecule has 67 heavy (non-hydrogen) atoms. The fraction of sp³-hybridized carbons (Fsp3) is 1.00. The molecular formula is C36H62O31. The zero-order chi connectivity index (χ0) is 49.3. The Labute approximate surface area is 378 Å². The van der Waals surface area contributed by atoms with Crippen LogP contribution in [-0.4, -0.2) is 326 Å². The molecule has 6 rings (SSSR count). The van der Waals surface area contributed by atoms with Gasteiger partial charge >= 0.3 is 0 Å². The number of aliphatic hydroxyl groups excluding tert-OH is 20. The minimum absolute atomic E-state index is 0.829. The lowest BCUT2D eigenvalue weighted by Crippen LogP contribution is -2.67. The van der Waals surface area contributed by atoms with Crippen molar-refractivity contribution in [3.8, 4) is 0 Å². The fourth-order valence-corrected chi connectivity index (χ4v) is 8.40. The highest BCUT2D eigenvalue weighted by Gasteiger charge is 2.56. The van der Waals surface area contributed by atoms with E-state index >= 15 is 0 Å². The Balaban J connectivity index is 1.07. The first kappa shape index (κ1) is 55.1. The van der Waals surface area contributed by atoms with Crippen LogP contribution in [0.15, 0.2) is 0 Å². The molecule has 6 heterocycles. The van der Waals surface area contributed by atoms with E-state index in [-0.39, 0.29) is 0 Å². The van der Waals surface area contributed by atoms with Crippen LogP contribution >= 0.6 is 0 Å². The maximum Gasteiger partial charge on any atom is 0.187 e. The van der Waals surface area contributed by atoms with Crippen LogP contribution in [0.5, 0.6) is 0 Å². The van der Waals surface area contributed by atoms with Crippen molar-refractivity contribution in [2.24, 2.45) is 0 Å². The van der Waals surface area contributed by atoms with Gasteiger partial charge in [0.05, 0.1) is 39.6 Å². The molecule has 6 saturated heterocycles. The van der Waals surface area contributed by atoms with Gasteiger partial charge < -0.3 is 154 Å². The van der Waals surface area contributed by atoms with Crippen molar-refractivity contribution in [2.45, 2.75) is 184 Å². The monoisotopic (exact) mass is 990 g/mol. The largest absolute Gasteiger partial charge is 0.394 e. The molecule has 31 heteroatoms. The molecule has 0 amide bonds. The smallest absolute Gasteiger partial charge is 0.187 e. The van der Waals surface area contributed by atoms with Crippen molar-refractivity contribution in [3.63, 3.8) is 0 Å². The van der Waals surface area contributed by atoms with Gasteiger partial charge in [0.15, 0.2) is 37.7 Å². The highest BCUT2D eigenvalue weighted by molar-refractivity contribution is 4.99. The van der Waals surface area contributed by atoms with Crippen LogP contribution in [0, 0.1) is 0 Å². The molecule has 31 nitrogen and oxygen atoms in total. The molecule has 30 atom stereocenters. The molecule has 0 aromatic rings. The first-order valence-corrected chi connectivity index (χ1v) is 21.1. The standard InChI is InChI=1S/C36H62O31/c37-1-7-13(42)17(46)21(50)33(59-7)67-30-16(45)9(3-39)60-36(26(30)55)65-27-10(4-40)61-32(23(52)19(27)48)57-6-12-14(43)18(47)22(51)34(63-12)64-28-11(5-41)62-35(24(53)20(28)49)66-29-15(44)8(2-38)58-31(56)25(29)54/h7-56H,1-6H2/t7-,8-,9-,10-,11-,12-,13-,14-,15-,16-,17+,18+,19-,20-,21-,22-,23-,24-,25-,26-,27-,28-,29+,30+,31?,32-,33+,34+,35+,36+/m1/s1. The number of rotatable bonds is 16. The molecule has 0 radical (unpaired) electrons.